The number of nitrogens with one attached hydrogen (secondary N) is 2. The highest BCUT2D eigenvalue weighted by atomic mass is 16.5. The Morgan fingerprint density at radius 1 is 1.36 bits per heavy atom. The molecule has 1 amide bonds. The lowest BCUT2D eigenvalue weighted by Gasteiger charge is -2.20. The molecule has 1 aliphatic carbocycles. The van der Waals surface area contributed by atoms with Crippen molar-refractivity contribution in [3.05, 3.63) is 46.3 Å². The molecule has 0 aromatic heterocycles. The van der Waals surface area contributed by atoms with E-state index in [4.69, 9.17) is 4.74 Å². The quantitative estimate of drug-likeness (QED) is 0.343. The summed E-state index contributed by atoms with van der Waals surface area (Å²) >= 11 is 0. The molecule has 6 nitrogen and oxygen atoms in total. The average Bonchev–Trinajstić information content (AvgIpc) is 3.40. The normalized spacial score (nSPS) is 15.2. The first kappa shape index (κ1) is 21.5. The molecule has 28 heavy (non-hydrogen) atoms. The summed E-state index contributed by atoms with van der Waals surface area (Å²) in [5.74, 6) is 0.969. The summed E-state index contributed by atoms with van der Waals surface area (Å²) in [6, 6.07) is 5.02. The van der Waals surface area contributed by atoms with Crippen molar-refractivity contribution in [2.45, 2.75) is 59.0 Å². The van der Waals surface area contributed by atoms with Crippen LogP contribution in [0.3, 0.4) is 0 Å². The number of carbonyl (C=O) groups excluding carboxylic acids is 1. The Labute approximate surface area is 167 Å². The Bertz CT molecular complexity index is 816. The zero-order valence-corrected chi connectivity index (χ0v) is 17.5. The van der Waals surface area contributed by atoms with Crippen molar-refractivity contribution in [1.29, 1.82) is 0 Å². The highest BCUT2D eigenvalue weighted by molar-refractivity contribution is 5.98. The van der Waals surface area contributed by atoms with E-state index in [2.05, 4.69) is 29.3 Å². The number of nitrogens with zero attached hydrogens (tertiary/aromatic N) is 1. The van der Waals surface area contributed by atoms with Gasteiger partial charge in [0, 0.05) is 23.2 Å². The van der Waals surface area contributed by atoms with Crippen molar-refractivity contribution in [2.24, 2.45) is 4.99 Å². The number of aromatic hydroxyl groups is 1. The number of phenols is 1. The lowest BCUT2D eigenvalue weighted by atomic mass is 9.97. The summed E-state index contributed by atoms with van der Waals surface area (Å²) in [6.45, 7) is 12.0. The fourth-order valence-electron chi connectivity index (χ4n) is 3.04. The Morgan fingerprint density at radius 2 is 2.04 bits per heavy atom. The van der Waals surface area contributed by atoms with Crippen LogP contribution in [0.1, 0.15) is 52.5 Å². The highest BCUT2D eigenvalue weighted by Gasteiger charge is 2.38. The third-order valence-electron chi connectivity index (χ3n) is 4.94. The lowest BCUT2D eigenvalue weighted by molar-refractivity contribution is -0.117. The number of rotatable bonds is 9. The molecule has 0 heterocycles. The van der Waals surface area contributed by atoms with Gasteiger partial charge in [-0.25, -0.2) is 4.99 Å². The minimum Gasteiger partial charge on any atom is -0.504 e. The maximum absolute atomic E-state index is 13.0. The van der Waals surface area contributed by atoms with Crippen molar-refractivity contribution < 1.29 is 14.6 Å². The summed E-state index contributed by atoms with van der Waals surface area (Å²) in [5.41, 5.74) is 3.30. The van der Waals surface area contributed by atoms with Gasteiger partial charge in [0.15, 0.2) is 11.5 Å². The summed E-state index contributed by atoms with van der Waals surface area (Å²) < 4.78 is 5.12. The van der Waals surface area contributed by atoms with Crippen molar-refractivity contribution in [3.63, 3.8) is 0 Å². The minimum atomic E-state index is -0.159. The molecule has 0 saturated heterocycles. The minimum absolute atomic E-state index is 0.0444. The number of carbonyl (C=O) groups is 1. The van der Waals surface area contributed by atoms with E-state index < -0.39 is 0 Å². The Balaban J connectivity index is 2.23. The van der Waals surface area contributed by atoms with E-state index in [1.807, 2.05) is 20.8 Å². The first-order valence-electron chi connectivity index (χ1n) is 9.54. The summed E-state index contributed by atoms with van der Waals surface area (Å²) in [7, 11) is 1.49. The van der Waals surface area contributed by atoms with Crippen LogP contribution in [0.25, 0.3) is 0 Å². The monoisotopic (exact) mass is 385 g/mol. The smallest absolute Gasteiger partial charge is 0.251 e. The fourth-order valence-corrected chi connectivity index (χ4v) is 3.04. The molecule has 1 saturated carbocycles. The largest absolute Gasteiger partial charge is 0.504 e. The molecular formula is C22H31N3O3. The van der Waals surface area contributed by atoms with Gasteiger partial charge < -0.3 is 20.5 Å². The van der Waals surface area contributed by atoms with Crippen LogP contribution in [0, 0.1) is 0 Å². The Kier molecular flexibility index (Phi) is 6.89. The first-order chi connectivity index (χ1) is 13.2. The van der Waals surface area contributed by atoms with Crippen LogP contribution in [0.5, 0.6) is 11.5 Å². The van der Waals surface area contributed by atoms with Crippen LogP contribution in [0.4, 0.5) is 0 Å². The molecule has 152 valence electrons. The van der Waals surface area contributed by atoms with Gasteiger partial charge in [0.05, 0.1) is 7.11 Å². The molecule has 0 spiro atoms. The standard InChI is InChI=1S/C22H31N3O3/c1-7-16(20(23-5)25-22(4)10-11-22)19(14(2)3)21(27)24-13-15-8-9-17(26)18(12-15)28-6/h8-9,12,25-26H,5,7,10-11,13H2,1-4,6H3,(H,24,27)/b20-16-. The number of ether oxygens (including phenoxy) is 1. The maximum Gasteiger partial charge on any atom is 0.251 e. The number of methoxy groups -OCH3 is 1. The fraction of sp³-hybridized carbons (Fsp3) is 0.455. The van der Waals surface area contributed by atoms with Gasteiger partial charge >= 0.3 is 0 Å². The van der Waals surface area contributed by atoms with Gasteiger partial charge in [0.2, 0.25) is 0 Å². The van der Waals surface area contributed by atoms with Crippen molar-refractivity contribution in [1.82, 2.24) is 10.6 Å². The van der Waals surface area contributed by atoms with Gasteiger partial charge in [-0.1, -0.05) is 18.6 Å². The molecule has 0 radical (unpaired) electrons. The predicted octanol–water partition coefficient (Wildman–Crippen LogP) is 3.82. The van der Waals surface area contributed by atoms with E-state index in [0.717, 1.165) is 29.6 Å². The zero-order chi connectivity index (χ0) is 20.9. The van der Waals surface area contributed by atoms with Gasteiger partial charge in [0.1, 0.15) is 5.82 Å². The maximum atomic E-state index is 13.0. The van der Waals surface area contributed by atoms with Gasteiger partial charge in [-0.2, -0.15) is 0 Å². The van der Waals surface area contributed by atoms with Crippen LogP contribution < -0.4 is 15.4 Å². The summed E-state index contributed by atoms with van der Waals surface area (Å²) in [6.07, 6.45) is 2.84. The number of hydrogen-bond acceptors (Lipinski definition) is 5. The third-order valence-corrected chi connectivity index (χ3v) is 4.94. The highest BCUT2D eigenvalue weighted by Crippen LogP contribution is 2.36. The first-order valence-corrected chi connectivity index (χ1v) is 9.54. The molecule has 0 unspecified atom stereocenters. The van der Waals surface area contributed by atoms with Gasteiger partial charge in [-0.15, -0.1) is 0 Å². The number of phenolic OH excluding ortho intramolecular Hbond substituents is 1. The molecule has 0 bridgehead atoms. The lowest BCUT2D eigenvalue weighted by Crippen LogP contribution is -2.30. The molecule has 1 fully saturated rings. The molecule has 6 heteroatoms. The molecular weight excluding hydrogens is 354 g/mol. The summed E-state index contributed by atoms with van der Waals surface area (Å²) in [5, 5.41) is 16.1. The van der Waals surface area contributed by atoms with E-state index in [9.17, 15) is 9.90 Å². The van der Waals surface area contributed by atoms with E-state index in [-0.39, 0.29) is 17.2 Å². The molecule has 1 aromatic rings. The number of allylic oxidation sites excluding steroid dienone is 1. The van der Waals surface area contributed by atoms with Crippen molar-refractivity contribution >= 4 is 12.6 Å². The molecule has 3 N–H and O–H groups in total. The molecule has 1 aromatic carbocycles. The van der Waals surface area contributed by atoms with Crippen molar-refractivity contribution in [3.8, 4) is 11.5 Å². The van der Waals surface area contributed by atoms with Crippen LogP contribution in [0.2, 0.25) is 0 Å². The number of hydrogen-bond donors (Lipinski definition) is 3. The van der Waals surface area contributed by atoms with Gasteiger partial charge in [-0.05, 0) is 64.4 Å². The molecule has 1 aliphatic rings. The van der Waals surface area contributed by atoms with E-state index in [1.165, 1.54) is 7.11 Å². The summed E-state index contributed by atoms with van der Waals surface area (Å²) in [4.78, 5) is 17.2. The van der Waals surface area contributed by atoms with E-state index in [0.29, 0.717) is 30.1 Å². The van der Waals surface area contributed by atoms with E-state index in [1.54, 1.807) is 18.2 Å². The SMILES string of the molecule is C=N/C(NC1(C)CC1)=C(\CC)C(C(=O)NCc1ccc(O)c(OC)c1)=C(C)C. The van der Waals surface area contributed by atoms with Crippen LogP contribution in [-0.2, 0) is 11.3 Å². The Hall–Kier alpha value is -2.76. The van der Waals surface area contributed by atoms with Gasteiger partial charge in [-0.3, -0.25) is 4.79 Å². The third kappa shape index (κ3) is 5.15. The zero-order valence-electron chi connectivity index (χ0n) is 17.5. The topological polar surface area (TPSA) is 83.0 Å². The van der Waals surface area contributed by atoms with Gasteiger partial charge in [0.25, 0.3) is 5.91 Å². The second-order valence-corrected chi connectivity index (χ2v) is 7.59. The van der Waals surface area contributed by atoms with E-state index >= 15 is 0 Å². The predicted molar refractivity (Wildman–Crippen MR) is 113 cm³/mol. The number of amides is 1. The second-order valence-electron chi connectivity index (χ2n) is 7.59. The van der Waals surface area contributed by atoms with Crippen LogP contribution in [-0.4, -0.2) is 30.4 Å². The molecule has 0 atom stereocenters. The van der Waals surface area contributed by atoms with Crippen LogP contribution >= 0.6 is 0 Å². The Morgan fingerprint density at radius 3 is 2.54 bits per heavy atom. The molecule has 2 rings (SSSR count). The number of aliphatic imine (C=N–C) groups is 1. The average molecular weight is 386 g/mol. The van der Waals surface area contributed by atoms with Crippen LogP contribution in [0.15, 0.2) is 45.7 Å². The molecule has 0 aliphatic heterocycles. The van der Waals surface area contributed by atoms with Crippen molar-refractivity contribution in [2.75, 3.05) is 7.11 Å². The number of benzene rings is 1. The second kappa shape index (κ2) is 8.95.